The van der Waals surface area contributed by atoms with Gasteiger partial charge in [-0.05, 0) is 43.3 Å². The smallest absolute Gasteiger partial charge is 0.220 e. The number of ether oxygens (including phenoxy) is 1. The van der Waals surface area contributed by atoms with E-state index in [0.29, 0.717) is 24.8 Å². The summed E-state index contributed by atoms with van der Waals surface area (Å²) in [6.45, 7) is 8.42. The second-order valence-electron chi connectivity index (χ2n) is 7.67. The number of morpholine rings is 1. The quantitative estimate of drug-likeness (QED) is 0.696. The molecule has 1 aromatic rings. The molecule has 2 saturated heterocycles. The van der Waals surface area contributed by atoms with Crippen LogP contribution in [-0.4, -0.2) is 56.7 Å². The zero-order valence-electron chi connectivity index (χ0n) is 16.8. The molecule has 160 valence electrons. The Morgan fingerprint density at radius 3 is 2.61 bits per heavy atom. The lowest BCUT2D eigenvalue weighted by molar-refractivity contribution is -0.122. The summed E-state index contributed by atoms with van der Waals surface area (Å²) in [5.74, 6) is 1.23. The monoisotopic (exact) mass is 431 g/mol. The molecule has 7 heteroatoms. The molecule has 0 spiro atoms. The first kappa shape index (κ1) is 25.2. The zero-order chi connectivity index (χ0) is 18.2. The summed E-state index contributed by atoms with van der Waals surface area (Å²) in [5, 5.41) is 6.66. The Bertz CT molecular complexity index is 550. The molecule has 1 amide bonds. The molecule has 2 aliphatic rings. The second kappa shape index (κ2) is 13.4. The minimum absolute atomic E-state index is 0. The molecule has 0 aromatic heterocycles. The summed E-state index contributed by atoms with van der Waals surface area (Å²) in [5.41, 5.74) is 1.26. The van der Waals surface area contributed by atoms with E-state index in [1.165, 1.54) is 18.4 Å². The maximum Gasteiger partial charge on any atom is 0.220 e. The fourth-order valence-electron chi connectivity index (χ4n) is 4.13. The molecular weight excluding hydrogens is 397 g/mol. The maximum atomic E-state index is 12.5. The summed E-state index contributed by atoms with van der Waals surface area (Å²) >= 11 is 0. The molecule has 28 heavy (non-hydrogen) atoms. The fraction of sp³-hybridized carbons (Fsp3) is 0.667. The molecule has 3 unspecified atom stereocenters. The Morgan fingerprint density at radius 1 is 1.25 bits per heavy atom. The third-order valence-electron chi connectivity index (χ3n) is 5.81. The lowest BCUT2D eigenvalue weighted by atomic mass is 9.85. The van der Waals surface area contributed by atoms with Crippen LogP contribution in [0.15, 0.2) is 30.3 Å². The van der Waals surface area contributed by atoms with Gasteiger partial charge in [0.25, 0.3) is 0 Å². The zero-order valence-corrected chi connectivity index (χ0v) is 18.4. The normalized spacial score (nSPS) is 22.2. The molecule has 0 saturated carbocycles. The largest absolute Gasteiger partial charge is 0.379 e. The van der Waals surface area contributed by atoms with E-state index in [4.69, 9.17) is 4.74 Å². The Labute approximate surface area is 181 Å². The number of benzene rings is 1. The van der Waals surface area contributed by atoms with Crippen molar-refractivity contribution in [2.45, 2.75) is 32.2 Å². The van der Waals surface area contributed by atoms with Gasteiger partial charge in [-0.2, -0.15) is 0 Å². The molecule has 2 N–H and O–H groups in total. The van der Waals surface area contributed by atoms with Crippen LogP contribution in [0.5, 0.6) is 0 Å². The van der Waals surface area contributed by atoms with Gasteiger partial charge in [-0.25, -0.2) is 0 Å². The van der Waals surface area contributed by atoms with E-state index in [1.54, 1.807) is 0 Å². The van der Waals surface area contributed by atoms with Gasteiger partial charge in [-0.15, -0.1) is 24.8 Å². The van der Waals surface area contributed by atoms with Crippen LogP contribution in [0.25, 0.3) is 0 Å². The SMILES string of the molecule is CC(CC(=O)NCC(c1ccccc1)N1CCOCC1)C1CCCNC1.Cl.Cl. The number of hydrogen-bond donors (Lipinski definition) is 2. The third kappa shape index (κ3) is 7.53. The van der Waals surface area contributed by atoms with E-state index in [0.717, 1.165) is 39.4 Å². The molecular formula is C21H35Cl2N3O2. The average molecular weight is 432 g/mol. The number of carbonyl (C=O) groups excluding carboxylic acids is 1. The number of nitrogens with zero attached hydrogens (tertiary/aromatic N) is 1. The van der Waals surface area contributed by atoms with Crippen LogP contribution in [0.4, 0.5) is 0 Å². The fourth-order valence-corrected chi connectivity index (χ4v) is 4.13. The lowest BCUT2D eigenvalue weighted by Crippen LogP contribution is -2.44. The van der Waals surface area contributed by atoms with Crippen LogP contribution in [0.1, 0.15) is 37.8 Å². The van der Waals surface area contributed by atoms with E-state index in [-0.39, 0.29) is 36.8 Å². The average Bonchev–Trinajstić information content (AvgIpc) is 2.70. The van der Waals surface area contributed by atoms with E-state index >= 15 is 0 Å². The van der Waals surface area contributed by atoms with Crippen molar-refractivity contribution >= 4 is 30.7 Å². The Kier molecular flexibility index (Phi) is 12.0. The van der Waals surface area contributed by atoms with Crippen molar-refractivity contribution in [1.82, 2.24) is 15.5 Å². The topological polar surface area (TPSA) is 53.6 Å². The number of halogens is 2. The molecule has 2 aliphatic heterocycles. The van der Waals surface area contributed by atoms with Crippen LogP contribution >= 0.6 is 24.8 Å². The summed E-state index contributed by atoms with van der Waals surface area (Å²) in [6.07, 6.45) is 3.09. The number of nitrogens with one attached hydrogen (secondary N) is 2. The highest BCUT2D eigenvalue weighted by Gasteiger charge is 2.25. The van der Waals surface area contributed by atoms with Gasteiger partial charge in [-0.1, -0.05) is 37.3 Å². The predicted octanol–water partition coefficient (Wildman–Crippen LogP) is 3.05. The van der Waals surface area contributed by atoms with Gasteiger partial charge in [0, 0.05) is 26.1 Å². The molecule has 2 heterocycles. The molecule has 0 bridgehead atoms. The molecule has 1 aromatic carbocycles. The highest BCUT2D eigenvalue weighted by atomic mass is 35.5. The van der Waals surface area contributed by atoms with Crippen LogP contribution in [-0.2, 0) is 9.53 Å². The van der Waals surface area contributed by atoms with Gasteiger partial charge < -0.3 is 15.4 Å². The molecule has 5 nitrogen and oxygen atoms in total. The first-order valence-electron chi connectivity index (χ1n) is 10.1. The first-order chi connectivity index (χ1) is 12.7. The molecule has 0 radical (unpaired) electrons. The number of hydrogen-bond acceptors (Lipinski definition) is 4. The Morgan fingerprint density at radius 2 is 1.96 bits per heavy atom. The van der Waals surface area contributed by atoms with Crippen molar-refractivity contribution in [2.75, 3.05) is 45.9 Å². The molecule has 3 rings (SSSR count). The number of piperidine rings is 1. The predicted molar refractivity (Wildman–Crippen MR) is 118 cm³/mol. The molecule has 2 fully saturated rings. The maximum absolute atomic E-state index is 12.5. The second-order valence-corrected chi connectivity index (χ2v) is 7.67. The van der Waals surface area contributed by atoms with Crippen molar-refractivity contribution in [3.63, 3.8) is 0 Å². The standard InChI is InChI=1S/C21H33N3O2.2ClH/c1-17(19-8-5-9-22-15-19)14-21(25)23-16-20(18-6-3-2-4-7-18)24-10-12-26-13-11-24;;/h2-4,6-7,17,19-20,22H,5,8-16H2,1H3,(H,23,25);2*1H. The number of amides is 1. The third-order valence-corrected chi connectivity index (χ3v) is 5.81. The first-order valence-corrected chi connectivity index (χ1v) is 10.1. The highest BCUT2D eigenvalue weighted by molar-refractivity contribution is 5.85. The van der Waals surface area contributed by atoms with Gasteiger partial charge in [0.05, 0.1) is 19.3 Å². The van der Waals surface area contributed by atoms with Crippen molar-refractivity contribution in [3.05, 3.63) is 35.9 Å². The molecule has 0 aliphatic carbocycles. The molecule has 3 atom stereocenters. The number of rotatable bonds is 7. The van der Waals surface area contributed by atoms with Gasteiger partial charge in [0.2, 0.25) is 5.91 Å². The van der Waals surface area contributed by atoms with Gasteiger partial charge >= 0.3 is 0 Å². The van der Waals surface area contributed by atoms with Crippen LogP contribution in [0, 0.1) is 11.8 Å². The van der Waals surface area contributed by atoms with E-state index in [1.807, 2.05) is 6.07 Å². The van der Waals surface area contributed by atoms with Gasteiger partial charge in [0.1, 0.15) is 0 Å². The Hall–Kier alpha value is -0.850. The summed E-state index contributed by atoms with van der Waals surface area (Å²) in [4.78, 5) is 15.0. The Balaban J connectivity index is 0.00000196. The van der Waals surface area contributed by atoms with Crippen LogP contribution < -0.4 is 10.6 Å². The lowest BCUT2D eigenvalue weighted by Gasteiger charge is -2.35. The van der Waals surface area contributed by atoms with E-state index < -0.39 is 0 Å². The van der Waals surface area contributed by atoms with Crippen LogP contribution in [0.3, 0.4) is 0 Å². The van der Waals surface area contributed by atoms with E-state index in [2.05, 4.69) is 46.7 Å². The minimum atomic E-state index is 0. The highest BCUT2D eigenvalue weighted by Crippen LogP contribution is 2.23. The van der Waals surface area contributed by atoms with Gasteiger partial charge in [-0.3, -0.25) is 9.69 Å². The summed E-state index contributed by atoms with van der Waals surface area (Å²) in [6, 6.07) is 10.7. The van der Waals surface area contributed by atoms with Crippen molar-refractivity contribution in [2.24, 2.45) is 11.8 Å². The van der Waals surface area contributed by atoms with Crippen LogP contribution in [0.2, 0.25) is 0 Å². The summed E-state index contributed by atoms with van der Waals surface area (Å²) < 4.78 is 5.50. The summed E-state index contributed by atoms with van der Waals surface area (Å²) in [7, 11) is 0. The minimum Gasteiger partial charge on any atom is -0.379 e. The van der Waals surface area contributed by atoms with Crippen molar-refractivity contribution in [3.8, 4) is 0 Å². The van der Waals surface area contributed by atoms with Gasteiger partial charge in [0.15, 0.2) is 0 Å². The number of carbonyl (C=O) groups is 1. The van der Waals surface area contributed by atoms with Crippen molar-refractivity contribution < 1.29 is 9.53 Å². The van der Waals surface area contributed by atoms with Crippen molar-refractivity contribution in [1.29, 1.82) is 0 Å². The van der Waals surface area contributed by atoms with E-state index in [9.17, 15) is 4.79 Å².